The molecule has 0 unspecified atom stereocenters. The number of rotatable bonds is 5. The summed E-state index contributed by atoms with van der Waals surface area (Å²) in [5.41, 5.74) is 2.32. The molecule has 1 heterocycles. The molecule has 2 N–H and O–H groups in total. The van der Waals surface area contributed by atoms with E-state index in [0.29, 0.717) is 23.3 Å². The smallest absolute Gasteiger partial charge is 0.232 e. The molecule has 3 aromatic rings. The molecule has 0 atom stereocenters. The minimum absolute atomic E-state index is 0.195. The van der Waals surface area contributed by atoms with Crippen LogP contribution in [0.4, 0.5) is 17.6 Å². The number of benzene rings is 2. The maximum absolute atomic E-state index is 8.94. The van der Waals surface area contributed by atoms with E-state index in [1.165, 1.54) is 0 Å². The summed E-state index contributed by atoms with van der Waals surface area (Å²) in [6.45, 7) is 4.05. The van der Waals surface area contributed by atoms with Crippen molar-refractivity contribution in [2.45, 2.75) is 19.9 Å². The number of hydrogen-bond donors (Lipinski definition) is 2. The molecule has 0 saturated carbocycles. The van der Waals surface area contributed by atoms with E-state index >= 15 is 0 Å². The van der Waals surface area contributed by atoms with E-state index in [1.54, 1.807) is 12.1 Å². The number of nitrogens with one attached hydrogen (secondary N) is 2. The molecular weight excluding hydrogens is 312 g/mol. The van der Waals surface area contributed by atoms with Crippen LogP contribution < -0.4 is 10.6 Å². The van der Waals surface area contributed by atoms with Gasteiger partial charge in [-0.1, -0.05) is 18.2 Å². The molecule has 0 radical (unpaired) electrons. The lowest BCUT2D eigenvalue weighted by molar-refractivity contribution is 0.869. The molecule has 3 rings (SSSR count). The summed E-state index contributed by atoms with van der Waals surface area (Å²) in [5.74, 6) is 1.51. The molecule has 0 fully saturated rings. The summed E-state index contributed by atoms with van der Waals surface area (Å²) in [6.07, 6.45) is 0. The molecular formula is C19H18N6. The molecule has 0 aliphatic carbocycles. The highest BCUT2D eigenvalue weighted by Gasteiger charge is 2.10. The second kappa shape index (κ2) is 7.41. The number of nitriles is 1. The van der Waals surface area contributed by atoms with Crippen LogP contribution in [-0.2, 0) is 0 Å². The Kier molecular flexibility index (Phi) is 4.86. The van der Waals surface area contributed by atoms with E-state index in [0.717, 1.165) is 11.3 Å². The maximum Gasteiger partial charge on any atom is 0.232 e. The molecule has 6 heteroatoms. The zero-order chi connectivity index (χ0) is 17.6. The van der Waals surface area contributed by atoms with Crippen molar-refractivity contribution in [1.29, 1.82) is 5.26 Å². The second-order valence-corrected chi connectivity index (χ2v) is 5.79. The fraction of sp³-hybridized carbons (Fsp3) is 0.158. The average molecular weight is 330 g/mol. The van der Waals surface area contributed by atoms with Gasteiger partial charge in [-0.25, -0.2) is 0 Å². The molecule has 6 nitrogen and oxygen atoms in total. The van der Waals surface area contributed by atoms with Gasteiger partial charge in [0.15, 0.2) is 5.82 Å². The summed E-state index contributed by atoms with van der Waals surface area (Å²) in [4.78, 5) is 13.4. The molecule has 0 aliphatic heterocycles. The first-order chi connectivity index (χ1) is 12.1. The monoisotopic (exact) mass is 330 g/mol. The molecule has 0 spiro atoms. The van der Waals surface area contributed by atoms with Crippen LogP contribution in [0.25, 0.3) is 11.4 Å². The third-order valence-electron chi connectivity index (χ3n) is 3.36. The highest BCUT2D eigenvalue weighted by molar-refractivity contribution is 5.61. The van der Waals surface area contributed by atoms with Gasteiger partial charge in [-0.2, -0.15) is 20.2 Å². The van der Waals surface area contributed by atoms with E-state index in [4.69, 9.17) is 5.26 Å². The number of nitrogens with zero attached hydrogens (tertiary/aromatic N) is 4. The van der Waals surface area contributed by atoms with Gasteiger partial charge in [-0.05, 0) is 50.2 Å². The van der Waals surface area contributed by atoms with Crippen LogP contribution in [0.3, 0.4) is 0 Å². The Morgan fingerprint density at radius 2 is 1.56 bits per heavy atom. The standard InChI is InChI=1S/C19H18N6/c1-13(2)21-18-23-17(15-10-8-14(12-20)9-11-15)24-19(25-18)22-16-6-4-3-5-7-16/h3-11,13H,1-2H3,(H2,21,22,23,24,25). The topological polar surface area (TPSA) is 86.5 Å². The lowest BCUT2D eigenvalue weighted by Gasteiger charge is -2.12. The highest BCUT2D eigenvalue weighted by atomic mass is 15.2. The van der Waals surface area contributed by atoms with Crippen molar-refractivity contribution in [2.75, 3.05) is 10.6 Å². The third kappa shape index (κ3) is 4.30. The van der Waals surface area contributed by atoms with Crippen molar-refractivity contribution >= 4 is 17.6 Å². The zero-order valence-corrected chi connectivity index (χ0v) is 14.1. The van der Waals surface area contributed by atoms with Crippen LogP contribution in [0.2, 0.25) is 0 Å². The van der Waals surface area contributed by atoms with Crippen LogP contribution in [0, 0.1) is 11.3 Å². The van der Waals surface area contributed by atoms with Crippen LogP contribution in [0.5, 0.6) is 0 Å². The van der Waals surface area contributed by atoms with Crippen molar-refractivity contribution in [3.8, 4) is 17.5 Å². The van der Waals surface area contributed by atoms with Gasteiger partial charge in [0, 0.05) is 17.3 Å². The van der Waals surface area contributed by atoms with Gasteiger partial charge in [0.2, 0.25) is 11.9 Å². The normalized spacial score (nSPS) is 10.3. The number of hydrogen-bond acceptors (Lipinski definition) is 6. The minimum Gasteiger partial charge on any atom is -0.352 e. The maximum atomic E-state index is 8.94. The number of anilines is 3. The Labute approximate surface area is 146 Å². The first kappa shape index (κ1) is 16.4. The van der Waals surface area contributed by atoms with Crippen molar-refractivity contribution < 1.29 is 0 Å². The molecule has 0 aliphatic rings. The van der Waals surface area contributed by atoms with Gasteiger partial charge in [0.1, 0.15) is 0 Å². The lowest BCUT2D eigenvalue weighted by Crippen LogP contribution is -2.14. The Bertz CT molecular complexity index is 882. The lowest BCUT2D eigenvalue weighted by atomic mass is 10.1. The van der Waals surface area contributed by atoms with Gasteiger partial charge >= 0.3 is 0 Å². The Balaban J connectivity index is 1.98. The first-order valence-corrected chi connectivity index (χ1v) is 7.99. The summed E-state index contributed by atoms with van der Waals surface area (Å²) < 4.78 is 0. The predicted octanol–water partition coefficient (Wildman–Crippen LogP) is 3.97. The number of para-hydroxylation sites is 1. The van der Waals surface area contributed by atoms with Crippen LogP contribution in [0.15, 0.2) is 54.6 Å². The van der Waals surface area contributed by atoms with Gasteiger partial charge in [0.25, 0.3) is 0 Å². The quantitative estimate of drug-likeness (QED) is 0.736. The van der Waals surface area contributed by atoms with Crippen molar-refractivity contribution in [3.05, 3.63) is 60.2 Å². The number of aromatic nitrogens is 3. The predicted molar refractivity (Wildman–Crippen MR) is 98.5 cm³/mol. The minimum atomic E-state index is 0.195. The largest absolute Gasteiger partial charge is 0.352 e. The Morgan fingerprint density at radius 1 is 0.880 bits per heavy atom. The fourth-order valence-electron chi connectivity index (χ4n) is 2.23. The van der Waals surface area contributed by atoms with Crippen molar-refractivity contribution in [2.24, 2.45) is 0 Å². The van der Waals surface area contributed by atoms with E-state index < -0.39 is 0 Å². The second-order valence-electron chi connectivity index (χ2n) is 5.79. The van der Waals surface area contributed by atoms with Crippen LogP contribution in [0.1, 0.15) is 19.4 Å². The molecule has 124 valence electrons. The van der Waals surface area contributed by atoms with Crippen LogP contribution in [-0.4, -0.2) is 21.0 Å². The molecule has 25 heavy (non-hydrogen) atoms. The van der Waals surface area contributed by atoms with Gasteiger partial charge in [0.05, 0.1) is 11.6 Å². The Hall–Kier alpha value is -3.46. The van der Waals surface area contributed by atoms with Gasteiger partial charge < -0.3 is 10.6 Å². The van der Waals surface area contributed by atoms with Gasteiger partial charge in [-0.15, -0.1) is 0 Å². The Morgan fingerprint density at radius 3 is 2.20 bits per heavy atom. The summed E-state index contributed by atoms with van der Waals surface area (Å²) >= 11 is 0. The summed E-state index contributed by atoms with van der Waals surface area (Å²) in [7, 11) is 0. The third-order valence-corrected chi connectivity index (χ3v) is 3.36. The first-order valence-electron chi connectivity index (χ1n) is 7.99. The summed E-state index contributed by atoms with van der Waals surface area (Å²) in [6, 6.07) is 19.2. The molecule has 1 aromatic heterocycles. The molecule has 2 aromatic carbocycles. The van der Waals surface area contributed by atoms with Crippen molar-refractivity contribution in [3.63, 3.8) is 0 Å². The van der Waals surface area contributed by atoms with Crippen molar-refractivity contribution in [1.82, 2.24) is 15.0 Å². The molecule has 0 amide bonds. The van der Waals surface area contributed by atoms with E-state index in [9.17, 15) is 0 Å². The highest BCUT2D eigenvalue weighted by Crippen LogP contribution is 2.21. The molecule has 0 bridgehead atoms. The fourth-order valence-corrected chi connectivity index (χ4v) is 2.23. The van der Waals surface area contributed by atoms with E-state index in [1.807, 2.05) is 56.3 Å². The SMILES string of the molecule is CC(C)Nc1nc(Nc2ccccc2)nc(-c2ccc(C#N)cc2)n1. The van der Waals surface area contributed by atoms with Crippen LogP contribution >= 0.6 is 0 Å². The van der Waals surface area contributed by atoms with E-state index in [2.05, 4.69) is 31.7 Å². The molecule has 0 saturated heterocycles. The van der Waals surface area contributed by atoms with Gasteiger partial charge in [-0.3, -0.25) is 0 Å². The average Bonchev–Trinajstić information content (AvgIpc) is 2.62. The van der Waals surface area contributed by atoms with E-state index in [-0.39, 0.29) is 6.04 Å². The summed E-state index contributed by atoms with van der Waals surface area (Å²) in [5, 5.41) is 15.3. The zero-order valence-electron chi connectivity index (χ0n) is 14.1.